The Hall–Kier alpha value is -1.54. The molecule has 1 aromatic heterocycles. The Morgan fingerprint density at radius 1 is 1.44 bits per heavy atom. The minimum absolute atomic E-state index is 0.0120. The van der Waals surface area contributed by atoms with Crippen LogP contribution in [0.25, 0.3) is 0 Å². The molecule has 0 saturated carbocycles. The number of anilines is 1. The van der Waals surface area contributed by atoms with Crippen LogP contribution in [-0.4, -0.2) is 16.5 Å². The number of alkyl halides is 3. The second kappa shape index (κ2) is 4.54. The van der Waals surface area contributed by atoms with Gasteiger partial charge in [0.2, 0.25) is 5.88 Å². The maximum absolute atomic E-state index is 12.0. The summed E-state index contributed by atoms with van der Waals surface area (Å²) < 4.78 is 39.5. The van der Waals surface area contributed by atoms with E-state index in [9.17, 15) is 13.2 Å². The number of hydrogen-bond acceptors (Lipinski definition) is 5. The molecule has 5 N–H and O–H groups in total. The van der Waals surface area contributed by atoms with E-state index in [1.54, 1.807) is 0 Å². The lowest BCUT2D eigenvalue weighted by molar-refractivity contribution is -0.276. The van der Waals surface area contributed by atoms with Gasteiger partial charge in [0.15, 0.2) is 0 Å². The average Bonchev–Trinajstić information content (AvgIpc) is 2.16. The summed E-state index contributed by atoms with van der Waals surface area (Å²) in [5.41, 5.74) is 10.9. The lowest BCUT2D eigenvalue weighted by Crippen LogP contribution is -2.20. The number of hydrogen-bond donors (Lipinski definition) is 3. The molecule has 0 aliphatic heterocycles. The predicted octanol–water partition coefficient (Wildman–Crippen LogP) is 0.513. The summed E-state index contributed by atoms with van der Waals surface area (Å²) in [4.78, 5) is 3.40. The third-order valence-corrected chi connectivity index (χ3v) is 1.86. The van der Waals surface area contributed by atoms with Crippen LogP contribution in [0.2, 0.25) is 0 Å². The Labute approximate surface area is 88.8 Å². The van der Waals surface area contributed by atoms with Crippen LogP contribution in [0.5, 0.6) is 5.88 Å². The molecule has 1 aromatic rings. The molecule has 1 rings (SSSR count). The topological polar surface area (TPSA) is 94.4 Å². The number of nitrogen functional groups attached to an aromatic ring is 1. The number of nitrogens with zero attached hydrogens (tertiary/aromatic N) is 1. The number of pyridine rings is 1. The predicted molar refractivity (Wildman–Crippen MR) is 49.1 cm³/mol. The van der Waals surface area contributed by atoms with Crippen LogP contribution >= 0.6 is 0 Å². The summed E-state index contributed by atoms with van der Waals surface area (Å²) in [7, 11) is 0. The van der Waals surface area contributed by atoms with Crippen LogP contribution in [0.4, 0.5) is 18.9 Å². The monoisotopic (exact) mass is 237 g/mol. The van der Waals surface area contributed by atoms with Gasteiger partial charge in [-0.25, -0.2) is 4.98 Å². The zero-order valence-electron chi connectivity index (χ0n) is 8.08. The van der Waals surface area contributed by atoms with E-state index in [1.165, 1.54) is 0 Å². The number of aromatic nitrogens is 1. The molecule has 0 fully saturated rings. The van der Waals surface area contributed by atoms with Crippen molar-refractivity contribution < 1.29 is 23.0 Å². The molecule has 90 valence electrons. The molecular weight excluding hydrogens is 227 g/mol. The van der Waals surface area contributed by atoms with Crippen molar-refractivity contribution in [3.8, 4) is 5.88 Å². The van der Waals surface area contributed by atoms with Gasteiger partial charge < -0.3 is 21.3 Å². The van der Waals surface area contributed by atoms with Gasteiger partial charge in [0, 0.05) is 24.0 Å². The molecule has 0 aromatic carbocycles. The maximum Gasteiger partial charge on any atom is 0.574 e. The molecule has 1 heterocycles. The van der Waals surface area contributed by atoms with Crippen molar-refractivity contribution in [2.75, 3.05) is 5.73 Å². The van der Waals surface area contributed by atoms with Gasteiger partial charge in [-0.2, -0.15) is 0 Å². The van der Waals surface area contributed by atoms with E-state index in [1.807, 2.05) is 0 Å². The minimum atomic E-state index is -4.88. The van der Waals surface area contributed by atoms with Gasteiger partial charge in [-0.05, 0) is 0 Å². The normalized spacial score (nSPS) is 11.6. The van der Waals surface area contributed by atoms with E-state index in [4.69, 9.17) is 16.6 Å². The molecule has 8 heteroatoms. The van der Waals surface area contributed by atoms with E-state index < -0.39 is 18.8 Å². The molecule has 0 spiro atoms. The second-order valence-electron chi connectivity index (χ2n) is 2.89. The smallest absolute Gasteiger partial charge is 0.398 e. The maximum atomic E-state index is 12.0. The van der Waals surface area contributed by atoms with Crippen molar-refractivity contribution in [1.29, 1.82) is 0 Å². The molecule has 16 heavy (non-hydrogen) atoms. The minimum Gasteiger partial charge on any atom is -0.398 e. The van der Waals surface area contributed by atoms with Crippen molar-refractivity contribution >= 4 is 5.69 Å². The van der Waals surface area contributed by atoms with Crippen LogP contribution in [0.15, 0.2) is 6.20 Å². The Morgan fingerprint density at radius 3 is 2.50 bits per heavy atom. The molecule has 0 amide bonds. The lowest BCUT2D eigenvalue weighted by Gasteiger charge is -2.14. The standard InChI is InChI=1S/C8H10F3N3O2/c9-8(10,11)16-7-5(3-15)6(13)4(1-12)2-14-7/h2,15H,1,3,12H2,(H2,13,14). The summed E-state index contributed by atoms with van der Waals surface area (Å²) in [5, 5.41) is 8.91. The van der Waals surface area contributed by atoms with E-state index in [2.05, 4.69) is 9.72 Å². The van der Waals surface area contributed by atoms with Crippen LogP contribution in [-0.2, 0) is 13.2 Å². The van der Waals surface area contributed by atoms with Gasteiger partial charge in [0.05, 0.1) is 12.2 Å². The fourth-order valence-electron chi connectivity index (χ4n) is 1.11. The van der Waals surface area contributed by atoms with Crippen LogP contribution in [0, 0.1) is 0 Å². The molecular formula is C8H10F3N3O2. The largest absolute Gasteiger partial charge is 0.574 e. The SMILES string of the molecule is NCc1cnc(OC(F)(F)F)c(CO)c1N. The molecule has 0 bridgehead atoms. The summed E-state index contributed by atoms with van der Waals surface area (Å²) in [5.74, 6) is -0.760. The van der Waals surface area contributed by atoms with E-state index >= 15 is 0 Å². The Bertz CT molecular complexity index is 382. The summed E-state index contributed by atoms with van der Waals surface area (Å²) in [6.07, 6.45) is -3.80. The number of rotatable bonds is 3. The van der Waals surface area contributed by atoms with Crippen molar-refractivity contribution in [2.24, 2.45) is 5.73 Å². The first kappa shape index (κ1) is 12.5. The third kappa shape index (κ3) is 2.74. The lowest BCUT2D eigenvalue weighted by atomic mass is 10.1. The highest BCUT2D eigenvalue weighted by atomic mass is 19.4. The summed E-state index contributed by atoms with van der Waals surface area (Å²) in [6, 6.07) is 0. The Morgan fingerprint density at radius 2 is 2.06 bits per heavy atom. The highest BCUT2D eigenvalue weighted by molar-refractivity contribution is 5.56. The first-order chi connectivity index (χ1) is 7.39. The molecule has 0 aliphatic carbocycles. The number of halogens is 3. The van der Waals surface area contributed by atoms with Crippen LogP contribution in [0.1, 0.15) is 11.1 Å². The molecule has 0 aliphatic rings. The highest BCUT2D eigenvalue weighted by Gasteiger charge is 2.33. The molecule has 0 unspecified atom stereocenters. The van der Waals surface area contributed by atoms with Crippen LogP contribution in [0.3, 0.4) is 0 Å². The van der Waals surface area contributed by atoms with Crippen molar-refractivity contribution in [1.82, 2.24) is 4.98 Å². The number of aliphatic hydroxyl groups excluding tert-OH is 1. The highest BCUT2D eigenvalue weighted by Crippen LogP contribution is 2.29. The fourth-order valence-corrected chi connectivity index (χ4v) is 1.11. The molecule has 0 atom stereocenters. The zero-order chi connectivity index (χ0) is 12.3. The van der Waals surface area contributed by atoms with Gasteiger partial charge >= 0.3 is 6.36 Å². The second-order valence-corrected chi connectivity index (χ2v) is 2.89. The molecule has 5 nitrogen and oxygen atoms in total. The van der Waals surface area contributed by atoms with Gasteiger partial charge in [0.1, 0.15) is 0 Å². The van der Waals surface area contributed by atoms with Gasteiger partial charge in [-0.3, -0.25) is 0 Å². The van der Waals surface area contributed by atoms with Crippen molar-refractivity contribution in [3.05, 3.63) is 17.3 Å². The first-order valence-corrected chi connectivity index (χ1v) is 4.22. The van der Waals surface area contributed by atoms with Crippen LogP contribution < -0.4 is 16.2 Å². The van der Waals surface area contributed by atoms with E-state index in [-0.39, 0.29) is 17.8 Å². The molecule has 0 saturated heterocycles. The van der Waals surface area contributed by atoms with Gasteiger partial charge in [0.25, 0.3) is 0 Å². The quantitative estimate of drug-likeness (QED) is 0.712. The number of ether oxygens (including phenoxy) is 1. The van der Waals surface area contributed by atoms with Gasteiger partial charge in [-0.1, -0.05) is 0 Å². The third-order valence-electron chi connectivity index (χ3n) is 1.86. The summed E-state index contributed by atoms with van der Waals surface area (Å²) >= 11 is 0. The Balaban J connectivity index is 3.16. The van der Waals surface area contributed by atoms with E-state index in [0.717, 1.165) is 6.20 Å². The number of nitrogens with two attached hydrogens (primary N) is 2. The van der Waals surface area contributed by atoms with Crippen molar-refractivity contribution in [3.63, 3.8) is 0 Å². The summed E-state index contributed by atoms with van der Waals surface area (Å²) in [6.45, 7) is -0.698. The Kier molecular flexibility index (Phi) is 3.55. The van der Waals surface area contributed by atoms with Gasteiger partial charge in [-0.15, -0.1) is 13.2 Å². The zero-order valence-corrected chi connectivity index (χ0v) is 8.08. The fraction of sp³-hybridized carbons (Fsp3) is 0.375. The number of aliphatic hydroxyl groups is 1. The molecule has 0 radical (unpaired) electrons. The van der Waals surface area contributed by atoms with E-state index in [0.29, 0.717) is 5.56 Å². The first-order valence-electron chi connectivity index (χ1n) is 4.22. The average molecular weight is 237 g/mol. The van der Waals surface area contributed by atoms with Crippen molar-refractivity contribution in [2.45, 2.75) is 19.5 Å².